The van der Waals surface area contributed by atoms with Crippen molar-refractivity contribution in [2.75, 3.05) is 0 Å². The predicted molar refractivity (Wildman–Crippen MR) is 261 cm³/mol. The van der Waals surface area contributed by atoms with Gasteiger partial charge in [-0.2, -0.15) is 0 Å². The van der Waals surface area contributed by atoms with E-state index in [1.165, 1.54) is 54.6 Å². The number of hydrogen-bond donors (Lipinski definition) is 0. The van der Waals surface area contributed by atoms with Crippen LogP contribution in [0.1, 0.15) is 0 Å². The van der Waals surface area contributed by atoms with Crippen molar-refractivity contribution in [1.82, 2.24) is 19.1 Å². The minimum atomic E-state index is 0.548. The highest BCUT2D eigenvalue weighted by Crippen LogP contribution is 2.41. The molecule has 63 heavy (non-hydrogen) atoms. The smallest absolute Gasteiger partial charge is 0.246 e. The van der Waals surface area contributed by atoms with E-state index in [-0.39, 0.29) is 0 Å². The minimum absolute atomic E-state index is 0.548. The maximum Gasteiger partial charge on any atom is 0.246 e. The third kappa shape index (κ3) is 4.99. The normalized spacial score (nSPS) is 12.1. The largest absolute Gasteiger partial charge is 0.436 e. The summed E-state index contributed by atoms with van der Waals surface area (Å²) in [6, 6.07) is 74.1. The van der Waals surface area contributed by atoms with Gasteiger partial charge in [0, 0.05) is 49.1 Å². The Morgan fingerprint density at radius 2 is 0.746 bits per heavy atom. The SMILES string of the molecule is c1ccc(-n2c3ccccc3c3cc(-c4ccc5c(c4)c4ccccc4n5-c4cccc(-c5ccc6oc7nc8c9ccccc9c9ccccc9c8nc7c6c5)c4)ccc32)cc1. The highest BCUT2D eigenvalue weighted by molar-refractivity contribution is 6.24. The van der Waals surface area contributed by atoms with Gasteiger partial charge in [0.25, 0.3) is 0 Å². The molecule has 0 radical (unpaired) electrons. The van der Waals surface area contributed by atoms with Crippen molar-refractivity contribution < 1.29 is 4.42 Å². The van der Waals surface area contributed by atoms with Crippen LogP contribution in [0.3, 0.4) is 0 Å². The topological polar surface area (TPSA) is 48.8 Å². The fraction of sp³-hybridized carbons (Fsp3) is 0. The second-order valence-corrected chi connectivity index (χ2v) is 16.5. The zero-order valence-corrected chi connectivity index (χ0v) is 33.8. The van der Waals surface area contributed by atoms with Gasteiger partial charge < -0.3 is 13.6 Å². The first-order valence-corrected chi connectivity index (χ1v) is 21.4. The van der Waals surface area contributed by atoms with Crippen molar-refractivity contribution >= 4 is 98.4 Å². The maximum atomic E-state index is 6.41. The van der Waals surface area contributed by atoms with Gasteiger partial charge in [0.2, 0.25) is 5.71 Å². The fourth-order valence-corrected chi connectivity index (χ4v) is 10.2. The highest BCUT2D eigenvalue weighted by Gasteiger charge is 2.19. The average molecular weight is 803 g/mol. The van der Waals surface area contributed by atoms with Gasteiger partial charge in [0.1, 0.15) is 16.6 Å². The summed E-state index contributed by atoms with van der Waals surface area (Å²) in [6.45, 7) is 0. The van der Waals surface area contributed by atoms with Crippen molar-refractivity contribution in [3.8, 4) is 33.6 Å². The van der Waals surface area contributed by atoms with E-state index in [4.69, 9.17) is 14.4 Å². The van der Waals surface area contributed by atoms with Crippen molar-refractivity contribution in [1.29, 1.82) is 0 Å². The molecule has 4 aromatic heterocycles. The van der Waals surface area contributed by atoms with E-state index in [0.717, 1.165) is 71.7 Å². The van der Waals surface area contributed by atoms with Crippen LogP contribution in [0.15, 0.2) is 211 Å². The van der Waals surface area contributed by atoms with E-state index in [9.17, 15) is 0 Å². The summed E-state index contributed by atoms with van der Waals surface area (Å²) in [7, 11) is 0. The van der Waals surface area contributed by atoms with Crippen LogP contribution < -0.4 is 0 Å². The molecule has 0 bridgehead atoms. The Hall–Kier alpha value is -8.54. The van der Waals surface area contributed by atoms with Crippen molar-refractivity contribution in [2.45, 2.75) is 0 Å². The Balaban J connectivity index is 0.894. The van der Waals surface area contributed by atoms with Crippen molar-refractivity contribution in [3.05, 3.63) is 206 Å². The molecule has 0 spiro atoms. The molecule has 0 aliphatic rings. The molecule has 292 valence electrons. The molecule has 14 aromatic rings. The van der Waals surface area contributed by atoms with Gasteiger partial charge in [-0.3, -0.25) is 0 Å². The van der Waals surface area contributed by atoms with E-state index in [1.54, 1.807) is 0 Å². The number of hydrogen-bond acceptors (Lipinski definition) is 3. The van der Waals surface area contributed by atoms with E-state index >= 15 is 0 Å². The third-order valence-corrected chi connectivity index (χ3v) is 13.1. The van der Waals surface area contributed by atoms with E-state index in [2.05, 4.69) is 215 Å². The molecule has 0 saturated heterocycles. The number of fused-ring (bicyclic) bond motifs is 15. The summed E-state index contributed by atoms with van der Waals surface area (Å²) >= 11 is 0. The van der Waals surface area contributed by atoms with Gasteiger partial charge in [-0.1, -0.05) is 133 Å². The molecule has 0 unspecified atom stereocenters. The number of nitrogens with zero attached hydrogens (tertiary/aromatic N) is 4. The van der Waals surface area contributed by atoms with Crippen LogP contribution in [0.4, 0.5) is 0 Å². The minimum Gasteiger partial charge on any atom is -0.436 e. The molecule has 0 amide bonds. The Labute approximate surface area is 360 Å². The maximum absolute atomic E-state index is 6.41. The molecule has 5 heteroatoms. The lowest BCUT2D eigenvalue weighted by Gasteiger charge is -2.11. The lowest BCUT2D eigenvalue weighted by Crippen LogP contribution is -1.94. The molecule has 0 saturated carbocycles. The molecule has 0 aliphatic heterocycles. The lowest BCUT2D eigenvalue weighted by atomic mass is 9.99. The van der Waals surface area contributed by atoms with Gasteiger partial charge in [0.05, 0.1) is 27.6 Å². The van der Waals surface area contributed by atoms with Crippen LogP contribution in [0.5, 0.6) is 0 Å². The van der Waals surface area contributed by atoms with E-state index in [0.29, 0.717) is 5.71 Å². The first kappa shape index (κ1) is 34.2. The lowest BCUT2D eigenvalue weighted by molar-refractivity contribution is 0.655. The number of rotatable bonds is 4. The number of para-hydroxylation sites is 3. The molecule has 0 atom stereocenters. The Kier molecular flexibility index (Phi) is 7.05. The summed E-state index contributed by atoms with van der Waals surface area (Å²) in [6.07, 6.45) is 0. The second-order valence-electron chi connectivity index (χ2n) is 16.5. The number of furan rings is 1. The molecular weight excluding hydrogens is 769 g/mol. The Morgan fingerprint density at radius 3 is 1.38 bits per heavy atom. The van der Waals surface area contributed by atoms with Crippen LogP contribution in [0.2, 0.25) is 0 Å². The van der Waals surface area contributed by atoms with Crippen LogP contribution in [0, 0.1) is 0 Å². The van der Waals surface area contributed by atoms with Crippen LogP contribution in [0.25, 0.3) is 132 Å². The van der Waals surface area contributed by atoms with Crippen molar-refractivity contribution in [2.24, 2.45) is 0 Å². The van der Waals surface area contributed by atoms with E-state index in [1.807, 2.05) is 0 Å². The third-order valence-electron chi connectivity index (χ3n) is 13.1. The first-order valence-electron chi connectivity index (χ1n) is 21.4. The molecule has 0 aliphatic carbocycles. The average Bonchev–Trinajstić information content (AvgIpc) is 4.00. The zero-order chi connectivity index (χ0) is 41.2. The summed E-state index contributed by atoms with van der Waals surface area (Å²) in [4.78, 5) is 10.4. The predicted octanol–water partition coefficient (Wildman–Crippen LogP) is 15.4. The highest BCUT2D eigenvalue weighted by atomic mass is 16.3. The first-order chi connectivity index (χ1) is 31.2. The summed E-state index contributed by atoms with van der Waals surface area (Å²) in [5, 5.41) is 10.4. The summed E-state index contributed by atoms with van der Waals surface area (Å²) < 4.78 is 11.2. The Bertz CT molecular complexity index is 4210. The summed E-state index contributed by atoms with van der Waals surface area (Å²) in [5.74, 6) is 0. The van der Waals surface area contributed by atoms with Gasteiger partial charge in [-0.25, -0.2) is 9.97 Å². The molecule has 0 N–H and O–H groups in total. The number of benzene rings is 10. The van der Waals surface area contributed by atoms with E-state index < -0.39 is 0 Å². The van der Waals surface area contributed by atoms with Gasteiger partial charge in [-0.15, -0.1) is 0 Å². The molecule has 4 heterocycles. The quantitative estimate of drug-likeness (QED) is 0.167. The van der Waals surface area contributed by atoms with Crippen LogP contribution in [-0.2, 0) is 0 Å². The standard InChI is InChI=1S/C58H34N4O/c1-2-14-39(15-3-1)61-50-23-10-8-19-43(50)47-32-36(25-28-52(47)61)37-26-29-53-48(33-37)44-20-9-11-24-51(44)62(53)40-16-12-13-35(31-40)38-27-30-54-49(34-38)57-58(63-54)60-56-46-22-7-5-18-42(46)41-17-4-6-21-45(41)55(56)59-57/h1-34H. The second kappa shape index (κ2) is 13.0. The monoisotopic (exact) mass is 802 g/mol. The molecule has 5 nitrogen and oxygen atoms in total. The van der Waals surface area contributed by atoms with Crippen LogP contribution >= 0.6 is 0 Å². The molecule has 14 rings (SSSR count). The van der Waals surface area contributed by atoms with Gasteiger partial charge in [-0.05, 0) is 106 Å². The summed E-state index contributed by atoms with van der Waals surface area (Å²) in [5.41, 5.74) is 15.4. The molecule has 0 fully saturated rings. The fourth-order valence-electron chi connectivity index (χ4n) is 10.2. The zero-order valence-electron chi connectivity index (χ0n) is 33.8. The molecule has 10 aromatic carbocycles. The van der Waals surface area contributed by atoms with Gasteiger partial charge >= 0.3 is 0 Å². The van der Waals surface area contributed by atoms with Crippen LogP contribution in [-0.4, -0.2) is 19.1 Å². The molecular formula is C58H34N4O. The Morgan fingerprint density at radius 1 is 0.286 bits per heavy atom. The van der Waals surface area contributed by atoms with Gasteiger partial charge in [0.15, 0.2) is 0 Å². The number of aromatic nitrogens is 4. The van der Waals surface area contributed by atoms with Crippen molar-refractivity contribution in [3.63, 3.8) is 0 Å².